The van der Waals surface area contributed by atoms with Gasteiger partial charge in [-0.3, -0.25) is 30.0 Å². The van der Waals surface area contributed by atoms with Crippen LogP contribution < -0.4 is 20.9 Å². The number of hydrogen-bond acceptors (Lipinski definition) is 6. The molecule has 0 radical (unpaired) electrons. The van der Waals surface area contributed by atoms with Gasteiger partial charge >= 0.3 is 5.97 Å². The van der Waals surface area contributed by atoms with Crippen molar-refractivity contribution in [3.63, 3.8) is 0 Å². The van der Waals surface area contributed by atoms with Gasteiger partial charge in [0.05, 0.1) is 5.02 Å². The standard InChI is InChI=1S/C26H22BrCl2N3O6/c27-17-6-4-16(5-7-17)26(36)32-31-24(34)15-37-25(35)3-1-2-23(33)30-19-9-11-20(12-10-19)38-22-13-8-18(28)14-21(22)29/h4-14H,1-3,15H2,(H,30,33)(H,31,34)(H,32,36). The van der Waals surface area contributed by atoms with E-state index in [4.69, 9.17) is 32.7 Å². The van der Waals surface area contributed by atoms with Crippen LogP contribution in [0.25, 0.3) is 0 Å². The summed E-state index contributed by atoms with van der Waals surface area (Å²) in [6, 6.07) is 18.1. The van der Waals surface area contributed by atoms with Crippen molar-refractivity contribution >= 4 is 68.5 Å². The Balaban J connectivity index is 1.30. The summed E-state index contributed by atoms with van der Waals surface area (Å²) in [4.78, 5) is 47.7. The van der Waals surface area contributed by atoms with Crippen molar-refractivity contribution in [3.05, 3.63) is 86.8 Å². The van der Waals surface area contributed by atoms with Crippen molar-refractivity contribution in [2.24, 2.45) is 0 Å². The van der Waals surface area contributed by atoms with E-state index < -0.39 is 24.4 Å². The van der Waals surface area contributed by atoms with Crippen molar-refractivity contribution < 1.29 is 28.7 Å². The Labute approximate surface area is 236 Å². The van der Waals surface area contributed by atoms with Crippen molar-refractivity contribution in [3.8, 4) is 11.5 Å². The van der Waals surface area contributed by atoms with E-state index in [1.54, 1.807) is 66.7 Å². The molecule has 0 spiro atoms. The average Bonchev–Trinajstić information content (AvgIpc) is 2.89. The minimum atomic E-state index is -0.702. The Bertz CT molecular complexity index is 1300. The Morgan fingerprint density at radius 2 is 1.53 bits per heavy atom. The van der Waals surface area contributed by atoms with Crippen LogP contribution in [0.2, 0.25) is 10.0 Å². The van der Waals surface area contributed by atoms with Crippen LogP contribution in [-0.4, -0.2) is 30.3 Å². The number of amides is 3. The van der Waals surface area contributed by atoms with Crippen molar-refractivity contribution in [2.45, 2.75) is 19.3 Å². The van der Waals surface area contributed by atoms with Crippen molar-refractivity contribution in [1.29, 1.82) is 0 Å². The number of anilines is 1. The van der Waals surface area contributed by atoms with Crippen LogP contribution in [0.4, 0.5) is 5.69 Å². The number of halogens is 3. The molecule has 3 N–H and O–H groups in total. The summed E-state index contributed by atoms with van der Waals surface area (Å²) >= 11 is 15.2. The largest absolute Gasteiger partial charge is 0.456 e. The minimum Gasteiger partial charge on any atom is -0.456 e. The Kier molecular flexibility index (Phi) is 11.0. The molecule has 0 aliphatic heterocycles. The SMILES string of the molecule is O=C(COC(=O)CCCC(=O)Nc1ccc(Oc2ccc(Cl)cc2Cl)cc1)NNC(=O)c1ccc(Br)cc1. The number of carbonyl (C=O) groups is 4. The van der Waals surface area contributed by atoms with Crippen molar-refractivity contribution in [2.75, 3.05) is 11.9 Å². The molecule has 0 aliphatic rings. The van der Waals surface area contributed by atoms with Gasteiger partial charge in [0.15, 0.2) is 6.61 Å². The number of carbonyl (C=O) groups excluding carboxylic acids is 4. The third-order valence-corrected chi connectivity index (χ3v) is 5.89. The smallest absolute Gasteiger partial charge is 0.306 e. The lowest BCUT2D eigenvalue weighted by molar-refractivity contribution is -0.148. The molecule has 38 heavy (non-hydrogen) atoms. The molecule has 0 bridgehead atoms. The van der Waals surface area contributed by atoms with E-state index in [0.717, 1.165) is 4.47 Å². The molecule has 0 aromatic heterocycles. The molecule has 0 heterocycles. The van der Waals surface area contributed by atoms with E-state index in [1.165, 1.54) is 0 Å². The molecule has 0 aliphatic carbocycles. The monoisotopic (exact) mass is 621 g/mol. The molecule has 0 saturated heterocycles. The second-order valence-electron chi connectivity index (χ2n) is 7.77. The fraction of sp³-hybridized carbons (Fsp3) is 0.154. The van der Waals surface area contributed by atoms with Gasteiger partial charge in [-0.25, -0.2) is 0 Å². The van der Waals surface area contributed by atoms with Crippen molar-refractivity contribution in [1.82, 2.24) is 10.9 Å². The highest BCUT2D eigenvalue weighted by Crippen LogP contribution is 2.32. The van der Waals surface area contributed by atoms with E-state index in [9.17, 15) is 19.2 Å². The van der Waals surface area contributed by atoms with E-state index >= 15 is 0 Å². The number of nitrogens with one attached hydrogen (secondary N) is 3. The van der Waals surface area contributed by atoms with Gasteiger partial charge < -0.3 is 14.8 Å². The first-order valence-corrected chi connectivity index (χ1v) is 12.8. The highest BCUT2D eigenvalue weighted by Gasteiger charge is 2.11. The summed E-state index contributed by atoms with van der Waals surface area (Å²) in [5.74, 6) is -1.19. The van der Waals surface area contributed by atoms with Gasteiger partial charge in [-0.15, -0.1) is 0 Å². The minimum absolute atomic E-state index is 0.0550. The lowest BCUT2D eigenvalue weighted by atomic mass is 10.2. The predicted molar refractivity (Wildman–Crippen MR) is 146 cm³/mol. The Hall–Kier alpha value is -3.60. The lowest BCUT2D eigenvalue weighted by Crippen LogP contribution is -2.43. The Morgan fingerprint density at radius 3 is 2.21 bits per heavy atom. The maximum Gasteiger partial charge on any atom is 0.306 e. The third kappa shape index (κ3) is 9.70. The topological polar surface area (TPSA) is 123 Å². The van der Waals surface area contributed by atoms with Crippen LogP contribution in [-0.2, 0) is 19.1 Å². The Morgan fingerprint density at radius 1 is 0.816 bits per heavy atom. The summed E-state index contributed by atoms with van der Waals surface area (Å²) in [5.41, 5.74) is 5.28. The first kappa shape index (κ1) is 29.0. The first-order valence-electron chi connectivity index (χ1n) is 11.2. The maximum atomic E-state index is 12.2. The molecular formula is C26H22BrCl2N3O6. The van der Waals surface area contributed by atoms with E-state index in [2.05, 4.69) is 32.1 Å². The normalized spacial score (nSPS) is 10.3. The summed E-state index contributed by atoms with van der Waals surface area (Å²) in [7, 11) is 0. The fourth-order valence-electron chi connectivity index (χ4n) is 2.96. The number of ether oxygens (including phenoxy) is 2. The lowest BCUT2D eigenvalue weighted by Gasteiger charge is -2.10. The van der Waals surface area contributed by atoms with Crippen LogP contribution in [0.3, 0.4) is 0 Å². The molecule has 3 aromatic rings. The molecule has 0 saturated carbocycles. The van der Waals surface area contributed by atoms with Gasteiger partial charge in [0.2, 0.25) is 5.91 Å². The molecule has 9 nitrogen and oxygen atoms in total. The molecular weight excluding hydrogens is 601 g/mol. The summed E-state index contributed by atoms with van der Waals surface area (Å²) in [6.07, 6.45) is 0.243. The van der Waals surface area contributed by atoms with Gasteiger partial charge in [-0.2, -0.15) is 0 Å². The predicted octanol–water partition coefficient (Wildman–Crippen LogP) is 5.66. The molecule has 12 heteroatoms. The highest BCUT2D eigenvalue weighted by molar-refractivity contribution is 9.10. The summed E-state index contributed by atoms with van der Waals surface area (Å²) < 4.78 is 11.4. The fourth-order valence-corrected chi connectivity index (χ4v) is 3.67. The van der Waals surface area contributed by atoms with E-state index in [0.29, 0.717) is 32.8 Å². The van der Waals surface area contributed by atoms with Gasteiger partial charge in [-0.1, -0.05) is 39.1 Å². The average molecular weight is 623 g/mol. The highest BCUT2D eigenvalue weighted by atomic mass is 79.9. The zero-order valence-electron chi connectivity index (χ0n) is 19.8. The quantitative estimate of drug-likeness (QED) is 0.198. The third-order valence-electron chi connectivity index (χ3n) is 4.83. The van der Waals surface area contributed by atoms with E-state index in [-0.39, 0.29) is 25.2 Å². The zero-order chi connectivity index (χ0) is 27.5. The van der Waals surface area contributed by atoms with Crippen LogP contribution >= 0.6 is 39.1 Å². The molecule has 0 fully saturated rings. The van der Waals surface area contributed by atoms with Crippen LogP contribution in [0.15, 0.2) is 71.2 Å². The second kappa shape index (κ2) is 14.4. The van der Waals surface area contributed by atoms with Crippen LogP contribution in [0.5, 0.6) is 11.5 Å². The number of rotatable bonds is 10. The number of benzene rings is 3. The van der Waals surface area contributed by atoms with Crippen LogP contribution in [0, 0.1) is 0 Å². The second-order valence-corrected chi connectivity index (χ2v) is 9.53. The molecule has 0 unspecified atom stereocenters. The first-order chi connectivity index (χ1) is 18.2. The van der Waals surface area contributed by atoms with Gasteiger partial charge in [-0.05, 0) is 73.2 Å². The van der Waals surface area contributed by atoms with E-state index in [1.807, 2.05) is 0 Å². The molecule has 3 aromatic carbocycles. The molecule has 3 rings (SSSR count). The molecule has 198 valence electrons. The molecule has 3 amide bonds. The summed E-state index contributed by atoms with van der Waals surface area (Å²) in [6.45, 7) is -0.568. The number of hydrogen-bond donors (Lipinski definition) is 3. The van der Waals surface area contributed by atoms with Crippen LogP contribution in [0.1, 0.15) is 29.6 Å². The summed E-state index contributed by atoms with van der Waals surface area (Å²) in [5, 5.41) is 3.59. The maximum absolute atomic E-state index is 12.2. The van der Waals surface area contributed by atoms with Gasteiger partial charge in [0, 0.05) is 33.6 Å². The van der Waals surface area contributed by atoms with Gasteiger partial charge in [0.1, 0.15) is 11.5 Å². The zero-order valence-corrected chi connectivity index (χ0v) is 22.9. The van der Waals surface area contributed by atoms with Gasteiger partial charge in [0.25, 0.3) is 11.8 Å². The molecule has 0 atom stereocenters. The number of hydrazine groups is 1. The number of esters is 1.